The molecule has 1 aliphatic heterocycles. The fourth-order valence-electron chi connectivity index (χ4n) is 3.24. The van der Waals surface area contributed by atoms with E-state index in [0.717, 1.165) is 25.7 Å². The Balaban J connectivity index is 1.68. The van der Waals surface area contributed by atoms with Crippen LogP contribution in [-0.2, 0) is 14.8 Å². The number of thiophene rings is 1. The van der Waals surface area contributed by atoms with E-state index in [4.69, 9.17) is 0 Å². The van der Waals surface area contributed by atoms with Gasteiger partial charge in [0.05, 0.1) is 11.4 Å². The highest BCUT2D eigenvalue weighted by molar-refractivity contribution is 7.89. The summed E-state index contributed by atoms with van der Waals surface area (Å²) in [6, 6.07) is 6.52. The minimum atomic E-state index is -3.62. The van der Waals surface area contributed by atoms with Crippen molar-refractivity contribution in [2.45, 2.75) is 37.5 Å². The van der Waals surface area contributed by atoms with Gasteiger partial charge in [0.15, 0.2) is 0 Å². The molecule has 2 amide bonds. The third-order valence-electron chi connectivity index (χ3n) is 4.85. The lowest BCUT2D eigenvalue weighted by atomic mass is 10.2. The lowest BCUT2D eigenvalue weighted by molar-refractivity contribution is -0.115. The minimum absolute atomic E-state index is 0.198. The van der Waals surface area contributed by atoms with Crippen LogP contribution in [0.4, 0.5) is 5.69 Å². The molecule has 9 heteroatoms. The van der Waals surface area contributed by atoms with Crippen molar-refractivity contribution in [1.82, 2.24) is 9.62 Å². The van der Waals surface area contributed by atoms with Crippen LogP contribution in [0.3, 0.4) is 0 Å². The molecule has 1 saturated heterocycles. The first-order chi connectivity index (χ1) is 13.9. The SMILES string of the molecule is Cc1ccc(NC(=O)CNC(=O)c2ccsc2)cc1S(=O)(=O)N1CCCCCC1. The maximum atomic E-state index is 13.1. The van der Waals surface area contributed by atoms with E-state index in [1.165, 1.54) is 21.7 Å². The fraction of sp³-hybridized carbons (Fsp3) is 0.400. The first-order valence-electron chi connectivity index (χ1n) is 9.59. The fourth-order valence-corrected chi connectivity index (χ4v) is 5.64. The first kappa shape index (κ1) is 21.5. The van der Waals surface area contributed by atoms with E-state index in [1.807, 2.05) is 0 Å². The molecule has 0 unspecified atom stereocenters. The van der Waals surface area contributed by atoms with Gasteiger partial charge in [-0.2, -0.15) is 15.6 Å². The monoisotopic (exact) mass is 435 g/mol. The predicted octanol–water partition coefficient (Wildman–Crippen LogP) is 2.99. The average molecular weight is 436 g/mol. The third-order valence-corrected chi connectivity index (χ3v) is 7.57. The molecule has 2 N–H and O–H groups in total. The summed E-state index contributed by atoms with van der Waals surface area (Å²) in [6.07, 6.45) is 3.80. The second-order valence-corrected chi connectivity index (χ2v) is 9.73. The van der Waals surface area contributed by atoms with Crippen molar-refractivity contribution >= 4 is 38.9 Å². The standard InChI is InChI=1S/C20H25N3O4S2/c1-15-6-7-17(22-19(24)13-21-20(25)16-8-11-28-14-16)12-18(15)29(26,27)23-9-4-2-3-5-10-23/h6-8,11-12,14H,2-5,9-10,13H2,1H3,(H,21,25)(H,22,24). The average Bonchev–Trinajstić information content (AvgIpc) is 3.09. The highest BCUT2D eigenvalue weighted by Crippen LogP contribution is 2.25. The molecule has 7 nitrogen and oxygen atoms in total. The van der Waals surface area contributed by atoms with E-state index in [-0.39, 0.29) is 17.3 Å². The van der Waals surface area contributed by atoms with Crippen LogP contribution in [-0.4, -0.2) is 44.2 Å². The Bertz CT molecular complexity index is 964. The molecule has 2 aromatic rings. The smallest absolute Gasteiger partial charge is 0.252 e. The van der Waals surface area contributed by atoms with Crippen molar-refractivity contribution in [3.05, 3.63) is 46.2 Å². The normalized spacial score (nSPS) is 15.5. The Labute approximate surface area is 175 Å². The highest BCUT2D eigenvalue weighted by atomic mass is 32.2. The summed E-state index contributed by atoms with van der Waals surface area (Å²) in [5, 5.41) is 8.70. The molecule has 1 fully saturated rings. The van der Waals surface area contributed by atoms with E-state index in [9.17, 15) is 18.0 Å². The van der Waals surface area contributed by atoms with Crippen molar-refractivity contribution in [3.63, 3.8) is 0 Å². The largest absolute Gasteiger partial charge is 0.343 e. The van der Waals surface area contributed by atoms with Crippen molar-refractivity contribution < 1.29 is 18.0 Å². The summed E-state index contributed by atoms with van der Waals surface area (Å²) in [7, 11) is -3.62. The van der Waals surface area contributed by atoms with Crippen LogP contribution in [0.5, 0.6) is 0 Å². The maximum Gasteiger partial charge on any atom is 0.252 e. The lowest BCUT2D eigenvalue weighted by Gasteiger charge is -2.21. The third kappa shape index (κ3) is 5.43. The van der Waals surface area contributed by atoms with E-state index < -0.39 is 15.9 Å². The van der Waals surface area contributed by atoms with Crippen LogP contribution in [0.2, 0.25) is 0 Å². The number of hydrogen-bond donors (Lipinski definition) is 2. The zero-order valence-corrected chi connectivity index (χ0v) is 17.9. The molecule has 0 bridgehead atoms. The Morgan fingerprint density at radius 1 is 1.10 bits per heavy atom. The van der Waals surface area contributed by atoms with Crippen LogP contribution in [0.25, 0.3) is 0 Å². The van der Waals surface area contributed by atoms with Crippen molar-refractivity contribution in [1.29, 1.82) is 0 Å². The molecule has 1 aromatic carbocycles. The number of sulfonamides is 1. The number of rotatable bonds is 6. The van der Waals surface area contributed by atoms with Gasteiger partial charge in [-0.1, -0.05) is 18.9 Å². The molecule has 0 radical (unpaired) electrons. The number of carbonyl (C=O) groups excluding carboxylic acids is 2. The van der Waals surface area contributed by atoms with E-state index in [1.54, 1.807) is 35.9 Å². The molecule has 1 aromatic heterocycles. The molecule has 29 heavy (non-hydrogen) atoms. The van der Waals surface area contributed by atoms with Crippen LogP contribution < -0.4 is 10.6 Å². The van der Waals surface area contributed by atoms with Crippen LogP contribution in [0, 0.1) is 6.92 Å². The number of nitrogens with zero attached hydrogens (tertiary/aromatic N) is 1. The number of hydrogen-bond acceptors (Lipinski definition) is 5. The van der Waals surface area contributed by atoms with Crippen molar-refractivity contribution in [2.24, 2.45) is 0 Å². The van der Waals surface area contributed by atoms with Gasteiger partial charge in [0.2, 0.25) is 15.9 Å². The topological polar surface area (TPSA) is 95.6 Å². The molecule has 0 aliphatic carbocycles. The number of aryl methyl sites for hydroxylation is 1. The number of benzene rings is 1. The van der Waals surface area contributed by atoms with Crippen molar-refractivity contribution in [3.8, 4) is 0 Å². The second kappa shape index (κ2) is 9.51. The summed E-state index contributed by atoms with van der Waals surface area (Å²) in [5.41, 5.74) is 1.53. The molecule has 156 valence electrons. The number of anilines is 1. The van der Waals surface area contributed by atoms with E-state index in [0.29, 0.717) is 29.9 Å². The van der Waals surface area contributed by atoms with Gasteiger partial charge >= 0.3 is 0 Å². The molecular formula is C20H25N3O4S2. The van der Waals surface area contributed by atoms with Gasteiger partial charge in [-0.15, -0.1) is 0 Å². The van der Waals surface area contributed by atoms with Crippen LogP contribution in [0.1, 0.15) is 41.6 Å². The van der Waals surface area contributed by atoms with Gasteiger partial charge in [0, 0.05) is 29.7 Å². The van der Waals surface area contributed by atoms with Crippen molar-refractivity contribution in [2.75, 3.05) is 25.0 Å². The van der Waals surface area contributed by atoms with Crippen LogP contribution in [0.15, 0.2) is 39.9 Å². The Morgan fingerprint density at radius 3 is 2.48 bits per heavy atom. The van der Waals surface area contributed by atoms with E-state index in [2.05, 4.69) is 10.6 Å². The predicted molar refractivity (Wildman–Crippen MR) is 114 cm³/mol. The van der Waals surface area contributed by atoms with E-state index >= 15 is 0 Å². The van der Waals surface area contributed by atoms with Gasteiger partial charge in [-0.05, 0) is 48.9 Å². The maximum absolute atomic E-state index is 13.1. The van der Waals surface area contributed by atoms with Crippen LogP contribution >= 0.6 is 11.3 Å². The molecule has 0 saturated carbocycles. The molecule has 0 atom stereocenters. The molecule has 0 spiro atoms. The summed E-state index contributed by atoms with van der Waals surface area (Å²) >= 11 is 1.40. The first-order valence-corrected chi connectivity index (χ1v) is 12.0. The Kier molecular flexibility index (Phi) is 7.05. The van der Waals surface area contributed by atoms with Gasteiger partial charge in [0.1, 0.15) is 0 Å². The van der Waals surface area contributed by atoms with Gasteiger partial charge < -0.3 is 10.6 Å². The number of carbonyl (C=O) groups is 2. The lowest BCUT2D eigenvalue weighted by Crippen LogP contribution is -2.33. The zero-order chi connectivity index (χ0) is 20.9. The summed E-state index contributed by atoms with van der Waals surface area (Å²) in [6.45, 7) is 2.59. The minimum Gasteiger partial charge on any atom is -0.343 e. The summed E-state index contributed by atoms with van der Waals surface area (Å²) in [5.74, 6) is -0.745. The molecule has 1 aliphatic rings. The Hall–Kier alpha value is -2.23. The molecule has 3 rings (SSSR count). The highest BCUT2D eigenvalue weighted by Gasteiger charge is 2.27. The quantitative estimate of drug-likeness (QED) is 0.729. The Morgan fingerprint density at radius 2 is 1.83 bits per heavy atom. The van der Waals surface area contributed by atoms with Gasteiger partial charge in [0.25, 0.3) is 5.91 Å². The summed E-state index contributed by atoms with van der Waals surface area (Å²) in [4.78, 5) is 24.3. The molecular weight excluding hydrogens is 410 g/mol. The summed E-state index contributed by atoms with van der Waals surface area (Å²) < 4.78 is 27.7. The number of nitrogens with one attached hydrogen (secondary N) is 2. The van der Waals surface area contributed by atoms with Gasteiger partial charge in [-0.3, -0.25) is 9.59 Å². The van der Waals surface area contributed by atoms with Gasteiger partial charge in [-0.25, -0.2) is 8.42 Å². The zero-order valence-electron chi connectivity index (χ0n) is 16.3. The number of amides is 2. The molecule has 2 heterocycles. The second-order valence-electron chi connectivity index (χ2n) is 7.04.